The molecule has 1 N–H and O–H groups in total. The van der Waals surface area contributed by atoms with Gasteiger partial charge in [-0.15, -0.1) is 0 Å². The number of carbonyl (C=O) groups excluding carboxylic acids is 1. The van der Waals surface area contributed by atoms with Gasteiger partial charge in [0.05, 0.1) is 0 Å². The molecule has 3 nitrogen and oxygen atoms in total. The summed E-state index contributed by atoms with van der Waals surface area (Å²) in [6, 6.07) is 13.3. The lowest BCUT2D eigenvalue weighted by molar-refractivity contribution is -0.131. The third-order valence-corrected chi connectivity index (χ3v) is 8.52. The molecule has 2 aromatic rings. The third kappa shape index (κ3) is 9.18. The highest BCUT2D eigenvalue weighted by molar-refractivity contribution is 5.81. The topological polar surface area (TPSA) is 54.4 Å². The van der Waals surface area contributed by atoms with Crippen molar-refractivity contribution in [3.63, 3.8) is 0 Å². The van der Waals surface area contributed by atoms with Crippen molar-refractivity contribution in [2.24, 2.45) is 11.8 Å². The van der Waals surface area contributed by atoms with Gasteiger partial charge in [0.2, 0.25) is 0 Å². The fourth-order valence-electron chi connectivity index (χ4n) is 5.26. The molecule has 0 radical (unpaired) electrons. The van der Waals surface area contributed by atoms with Crippen LogP contribution in [0.15, 0.2) is 71.8 Å². The first-order valence-electron chi connectivity index (χ1n) is 14.5. The summed E-state index contributed by atoms with van der Waals surface area (Å²) in [4.78, 5) is 21.3. The van der Waals surface area contributed by atoms with Crippen molar-refractivity contribution in [1.29, 1.82) is 0 Å². The van der Waals surface area contributed by atoms with E-state index in [-0.39, 0.29) is 16.7 Å². The van der Waals surface area contributed by atoms with Crippen LogP contribution >= 0.6 is 0 Å². The summed E-state index contributed by atoms with van der Waals surface area (Å²) in [5.41, 5.74) is 10.5. The predicted octanol–water partition coefficient (Wildman–Crippen LogP) is 9.31. The van der Waals surface area contributed by atoms with Crippen LogP contribution in [-0.2, 0) is 20.4 Å². The van der Waals surface area contributed by atoms with Gasteiger partial charge in [0.1, 0.15) is 6.29 Å². The zero-order valence-corrected chi connectivity index (χ0v) is 26.4. The number of carboxylic acid groups (broad SMARTS) is 1. The second-order valence-electron chi connectivity index (χ2n) is 12.4. The summed E-state index contributed by atoms with van der Waals surface area (Å²) in [5, 5.41) is 8.70. The van der Waals surface area contributed by atoms with Crippen molar-refractivity contribution in [3.05, 3.63) is 105 Å². The van der Waals surface area contributed by atoms with Crippen LogP contribution in [0.4, 0.5) is 0 Å². The smallest absolute Gasteiger partial charge is 0.328 e. The Labute approximate surface area is 243 Å². The molecule has 0 heterocycles. The summed E-state index contributed by atoms with van der Waals surface area (Å²) in [6.07, 6.45) is 11.9. The van der Waals surface area contributed by atoms with Gasteiger partial charge in [-0.1, -0.05) is 103 Å². The highest BCUT2D eigenvalue weighted by Gasteiger charge is 2.51. The highest BCUT2D eigenvalue weighted by atomic mass is 16.4. The fraction of sp³-hybridized carbons (Fsp3) is 0.459. The van der Waals surface area contributed by atoms with Crippen LogP contribution in [-0.4, -0.2) is 17.4 Å². The maximum Gasteiger partial charge on any atom is 0.328 e. The number of carboxylic acids is 1. The second kappa shape index (κ2) is 13.9. The van der Waals surface area contributed by atoms with Crippen molar-refractivity contribution in [3.8, 4) is 0 Å². The van der Waals surface area contributed by atoms with Crippen LogP contribution in [0, 0.1) is 39.5 Å². The molecule has 0 bridgehead atoms. The maximum absolute atomic E-state index is 10.7. The van der Waals surface area contributed by atoms with Gasteiger partial charge in [-0.3, -0.25) is 0 Å². The monoisotopic (exact) mass is 542 g/mol. The molecule has 2 unspecified atom stereocenters. The summed E-state index contributed by atoms with van der Waals surface area (Å²) in [6.45, 7) is 21.1. The second-order valence-corrected chi connectivity index (χ2v) is 12.4. The van der Waals surface area contributed by atoms with Crippen molar-refractivity contribution >= 4 is 12.3 Å². The van der Waals surface area contributed by atoms with E-state index >= 15 is 0 Å². The van der Waals surface area contributed by atoms with Crippen molar-refractivity contribution in [2.75, 3.05) is 0 Å². The normalized spacial score (nSPS) is 25.4. The van der Waals surface area contributed by atoms with Gasteiger partial charge in [0.25, 0.3) is 0 Å². The molecule has 4 rings (SSSR count). The summed E-state index contributed by atoms with van der Waals surface area (Å²) >= 11 is 0. The highest BCUT2D eigenvalue weighted by Crippen LogP contribution is 2.55. The third-order valence-electron chi connectivity index (χ3n) is 8.52. The molecule has 0 aliphatic heterocycles. The number of rotatable bonds is 7. The summed E-state index contributed by atoms with van der Waals surface area (Å²) < 4.78 is 0. The number of aldehydes is 1. The van der Waals surface area contributed by atoms with E-state index < -0.39 is 5.97 Å². The SMILES string of the molecule is C/C(C=CC1C[C@]1(C)c1cc(C)cc(C)c1)=C\C(=O)O.C/C=C(\C)CC.Cc1cc(C)cc([C@@]2(C)CC2C=O)c1. The first-order valence-corrected chi connectivity index (χ1v) is 14.5. The van der Waals surface area contributed by atoms with E-state index in [2.05, 4.69) is 111 Å². The van der Waals surface area contributed by atoms with E-state index in [1.165, 1.54) is 51.5 Å². The van der Waals surface area contributed by atoms with Gasteiger partial charge >= 0.3 is 5.97 Å². The zero-order valence-electron chi connectivity index (χ0n) is 26.4. The molecule has 0 spiro atoms. The Kier molecular flexibility index (Phi) is 11.5. The Balaban J connectivity index is 0.000000242. The molecule has 3 heteroatoms. The summed E-state index contributed by atoms with van der Waals surface area (Å²) in [5.74, 6) is -0.149. The van der Waals surface area contributed by atoms with E-state index in [9.17, 15) is 9.59 Å². The lowest BCUT2D eigenvalue weighted by Gasteiger charge is -2.12. The molecule has 40 heavy (non-hydrogen) atoms. The molecular formula is C37H50O3. The van der Waals surface area contributed by atoms with Crippen LogP contribution in [0.5, 0.6) is 0 Å². The molecule has 0 saturated heterocycles. The van der Waals surface area contributed by atoms with Crippen LogP contribution in [0.2, 0.25) is 0 Å². The number of hydrogen-bond donors (Lipinski definition) is 1. The average molecular weight is 543 g/mol. The minimum absolute atomic E-state index is 0.124. The number of aryl methyl sites for hydroxylation is 4. The minimum Gasteiger partial charge on any atom is -0.478 e. The zero-order chi connectivity index (χ0) is 30.3. The molecule has 2 fully saturated rings. The van der Waals surface area contributed by atoms with E-state index in [1.54, 1.807) is 0 Å². The van der Waals surface area contributed by atoms with E-state index in [0.29, 0.717) is 5.92 Å². The lowest BCUT2D eigenvalue weighted by Crippen LogP contribution is -2.05. The number of carbonyl (C=O) groups is 2. The number of allylic oxidation sites excluding steroid dienone is 5. The molecule has 0 aromatic heterocycles. The van der Waals surface area contributed by atoms with E-state index in [0.717, 1.165) is 24.7 Å². The van der Waals surface area contributed by atoms with Crippen LogP contribution in [0.1, 0.15) is 94.2 Å². The molecule has 0 amide bonds. The van der Waals surface area contributed by atoms with E-state index in [1.807, 2.05) is 13.0 Å². The fourth-order valence-corrected chi connectivity index (χ4v) is 5.26. The number of aliphatic carboxylic acids is 1. The Bertz CT molecular complexity index is 1250. The Morgan fingerprint density at radius 2 is 1.27 bits per heavy atom. The Morgan fingerprint density at radius 1 is 0.850 bits per heavy atom. The van der Waals surface area contributed by atoms with Gasteiger partial charge in [0, 0.05) is 17.4 Å². The first kappa shape index (κ1) is 33.0. The quantitative estimate of drug-likeness (QED) is 0.164. The summed E-state index contributed by atoms with van der Waals surface area (Å²) in [7, 11) is 0. The number of benzene rings is 2. The standard InChI is InChI=1S/C18H22O2.C13H16O.C6H12/c1-12(10-17(19)20)5-6-15-11-18(15,4)16-8-13(2)7-14(3)9-16;1-9-4-10(2)6-11(5-9)13(3)7-12(13)8-14;1-4-6(3)5-2/h5-10,15H,11H2,1-4H3,(H,19,20);4-6,8,12H,7H2,1-3H3;4H,5H2,1-3H3/b6-5?,12-10+;;6-4+/t15?,18-;12?,13-;/m01./s1. The Morgan fingerprint density at radius 3 is 1.60 bits per heavy atom. The van der Waals surface area contributed by atoms with Crippen LogP contribution in [0.3, 0.4) is 0 Å². The molecule has 2 aromatic carbocycles. The van der Waals surface area contributed by atoms with Gasteiger partial charge in [-0.05, 0) is 95.8 Å². The molecule has 216 valence electrons. The predicted molar refractivity (Wildman–Crippen MR) is 169 cm³/mol. The molecule has 2 saturated carbocycles. The number of hydrogen-bond acceptors (Lipinski definition) is 2. The maximum atomic E-state index is 10.7. The van der Waals surface area contributed by atoms with E-state index in [4.69, 9.17) is 5.11 Å². The van der Waals surface area contributed by atoms with Crippen molar-refractivity contribution < 1.29 is 14.7 Å². The largest absolute Gasteiger partial charge is 0.478 e. The van der Waals surface area contributed by atoms with Gasteiger partial charge in [0.15, 0.2) is 0 Å². The molecular weight excluding hydrogens is 492 g/mol. The molecule has 4 atom stereocenters. The van der Waals surface area contributed by atoms with Crippen molar-refractivity contribution in [2.45, 2.75) is 99.3 Å². The lowest BCUT2D eigenvalue weighted by atomic mass is 9.92. The molecule has 2 aliphatic carbocycles. The first-order chi connectivity index (χ1) is 18.7. The van der Waals surface area contributed by atoms with Crippen LogP contribution < -0.4 is 0 Å². The Hall–Kier alpha value is -3.20. The van der Waals surface area contributed by atoms with Crippen molar-refractivity contribution in [1.82, 2.24) is 0 Å². The average Bonchev–Trinajstić information content (AvgIpc) is 3.76. The van der Waals surface area contributed by atoms with Gasteiger partial charge < -0.3 is 9.90 Å². The minimum atomic E-state index is -0.889. The van der Waals surface area contributed by atoms with Crippen LogP contribution in [0.25, 0.3) is 0 Å². The van der Waals surface area contributed by atoms with Gasteiger partial charge in [-0.25, -0.2) is 4.79 Å². The van der Waals surface area contributed by atoms with Gasteiger partial charge in [-0.2, -0.15) is 0 Å². The molecule has 2 aliphatic rings.